The number of nitrogens with zero attached hydrogens (tertiary/aromatic N) is 2. The van der Waals surface area contributed by atoms with Gasteiger partial charge in [-0.05, 0) is 29.8 Å². The topological polar surface area (TPSA) is 80.7 Å². The lowest BCUT2D eigenvalue weighted by Crippen LogP contribution is -2.05. The van der Waals surface area contributed by atoms with E-state index in [4.69, 9.17) is 27.6 Å². The number of halogens is 2. The second-order valence-electron chi connectivity index (χ2n) is 5.31. The Labute approximate surface area is 159 Å². The third-order valence-electron chi connectivity index (χ3n) is 3.56. The largest absolute Gasteiger partial charge is 0.455 e. The van der Waals surface area contributed by atoms with Gasteiger partial charge in [-0.15, -0.1) is 0 Å². The van der Waals surface area contributed by atoms with Crippen molar-refractivity contribution in [2.75, 3.05) is 0 Å². The average Bonchev–Trinajstić information content (AvgIpc) is 3.09. The Bertz CT molecular complexity index is 970. The van der Waals surface area contributed by atoms with Crippen LogP contribution in [0.2, 0.25) is 10.0 Å². The summed E-state index contributed by atoms with van der Waals surface area (Å²) in [6.45, 7) is 0.473. The molecule has 132 valence electrons. The summed E-state index contributed by atoms with van der Waals surface area (Å²) in [6, 6.07) is 15.0. The molecule has 8 heteroatoms. The minimum Gasteiger partial charge on any atom is -0.455 e. The summed E-state index contributed by atoms with van der Waals surface area (Å²) in [7, 11) is 0. The molecule has 0 aliphatic heterocycles. The predicted molar refractivity (Wildman–Crippen MR) is 102 cm³/mol. The standard InChI is InChI=1S/C18H13Cl2N3O3/c19-16-4-2-1-3-12(16)10-21-22-11-14-6-8-18(26-14)15-9-13(23(24)25)5-7-17(15)20/h1-9,11,21H,10H2/b22-11-. The van der Waals surface area contributed by atoms with Crippen LogP contribution in [0.4, 0.5) is 5.69 Å². The van der Waals surface area contributed by atoms with Crippen molar-refractivity contribution in [2.24, 2.45) is 5.10 Å². The number of non-ortho nitro benzene ring substituents is 1. The second-order valence-corrected chi connectivity index (χ2v) is 6.12. The van der Waals surface area contributed by atoms with Gasteiger partial charge in [0.15, 0.2) is 0 Å². The number of nitrogens with one attached hydrogen (secondary N) is 1. The van der Waals surface area contributed by atoms with E-state index in [2.05, 4.69) is 10.5 Å². The van der Waals surface area contributed by atoms with Crippen LogP contribution in [0.15, 0.2) is 64.1 Å². The van der Waals surface area contributed by atoms with Gasteiger partial charge in [0, 0.05) is 22.7 Å². The van der Waals surface area contributed by atoms with Gasteiger partial charge in [0.05, 0.1) is 22.7 Å². The SMILES string of the molecule is O=[N+]([O-])c1ccc(Cl)c(-c2ccc(/C=N\NCc3ccccc3Cl)o2)c1. The maximum atomic E-state index is 10.9. The summed E-state index contributed by atoms with van der Waals surface area (Å²) in [5.74, 6) is 0.903. The van der Waals surface area contributed by atoms with Crippen LogP contribution in [-0.4, -0.2) is 11.1 Å². The Balaban J connectivity index is 1.69. The molecule has 0 amide bonds. The highest BCUT2D eigenvalue weighted by Gasteiger charge is 2.14. The molecule has 0 aliphatic rings. The number of nitro benzene ring substituents is 1. The number of furan rings is 1. The highest BCUT2D eigenvalue weighted by Crippen LogP contribution is 2.32. The fourth-order valence-electron chi connectivity index (χ4n) is 2.26. The minimum atomic E-state index is -0.482. The quantitative estimate of drug-likeness (QED) is 0.353. The van der Waals surface area contributed by atoms with Crippen LogP contribution in [0.3, 0.4) is 0 Å². The third kappa shape index (κ3) is 4.22. The minimum absolute atomic E-state index is 0.0579. The molecule has 0 spiro atoms. The van der Waals surface area contributed by atoms with E-state index < -0.39 is 4.92 Å². The van der Waals surface area contributed by atoms with Gasteiger partial charge in [-0.3, -0.25) is 10.1 Å². The van der Waals surface area contributed by atoms with Crippen LogP contribution in [-0.2, 0) is 6.54 Å². The van der Waals surface area contributed by atoms with Crippen molar-refractivity contribution in [3.8, 4) is 11.3 Å². The van der Waals surface area contributed by atoms with Crippen molar-refractivity contribution in [2.45, 2.75) is 6.54 Å². The third-order valence-corrected chi connectivity index (χ3v) is 4.26. The first-order valence-electron chi connectivity index (χ1n) is 7.58. The number of hydrogen-bond acceptors (Lipinski definition) is 5. The second kappa shape index (κ2) is 8.03. The van der Waals surface area contributed by atoms with Crippen molar-refractivity contribution in [1.82, 2.24) is 5.43 Å². The van der Waals surface area contributed by atoms with E-state index in [1.165, 1.54) is 24.4 Å². The molecule has 0 fully saturated rings. The van der Waals surface area contributed by atoms with Gasteiger partial charge in [-0.1, -0.05) is 41.4 Å². The number of hydrogen-bond donors (Lipinski definition) is 1. The predicted octanol–water partition coefficient (Wildman–Crippen LogP) is 5.29. The van der Waals surface area contributed by atoms with Crippen LogP contribution in [0.25, 0.3) is 11.3 Å². The summed E-state index contributed by atoms with van der Waals surface area (Å²) in [5, 5.41) is 16.0. The molecule has 2 aromatic carbocycles. The zero-order chi connectivity index (χ0) is 18.5. The molecular weight excluding hydrogens is 377 g/mol. The van der Waals surface area contributed by atoms with Gasteiger partial charge in [-0.25, -0.2) is 0 Å². The van der Waals surface area contributed by atoms with Crippen molar-refractivity contribution in [3.63, 3.8) is 0 Å². The summed E-state index contributed by atoms with van der Waals surface area (Å²) in [4.78, 5) is 10.4. The highest BCUT2D eigenvalue weighted by atomic mass is 35.5. The fraction of sp³-hybridized carbons (Fsp3) is 0.0556. The molecule has 0 saturated carbocycles. The lowest BCUT2D eigenvalue weighted by atomic mass is 10.1. The van der Waals surface area contributed by atoms with E-state index in [1.54, 1.807) is 12.1 Å². The van der Waals surface area contributed by atoms with E-state index in [1.807, 2.05) is 24.3 Å². The van der Waals surface area contributed by atoms with E-state index in [0.29, 0.717) is 33.7 Å². The van der Waals surface area contributed by atoms with Crippen LogP contribution < -0.4 is 5.43 Å². The molecule has 0 aliphatic carbocycles. The Morgan fingerprint density at radius 2 is 1.92 bits per heavy atom. The molecule has 0 atom stereocenters. The summed E-state index contributed by atoms with van der Waals surface area (Å²) in [6.07, 6.45) is 1.51. The van der Waals surface area contributed by atoms with Crippen LogP contribution in [0.1, 0.15) is 11.3 Å². The number of hydrazone groups is 1. The number of benzene rings is 2. The normalized spacial score (nSPS) is 11.0. The van der Waals surface area contributed by atoms with Gasteiger partial charge in [0.2, 0.25) is 0 Å². The van der Waals surface area contributed by atoms with Crippen LogP contribution in [0.5, 0.6) is 0 Å². The number of nitro groups is 1. The van der Waals surface area contributed by atoms with E-state index in [-0.39, 0.29) is 5.69 Å². The molecule has 0 unspecified atom stereocenters. The Morgan fingerprint density at radius 3 is 2.69 bits per heavy atom. The fourth-order valence-corrected chi connectivity index (χ4v) is 2.68. The van der Waals surface area contributed by atoms with Crippen molar-refractivity contribution < 1.29 is 9.34 Å². The Hall–Kier alpha value is -2.83. The molecule has 0 bridgehead atoms. The molecular formula is C18H13Cl2N3O3. The molecule has 1 N–H and O–H groups in total. The van der Waals surface area contributed by atoms with Crippen LogP contribution in [0, 0.1) is 10.1 Å². The number of rotatable bonds is 6. The first-order valence-corrected chi connectivity index (χ1v) is 8.33. The first-order chi connectivity index (χ1) is 12.5. The van der Waals surface area contributed by atoms with Gasteiger partial charge < -0.3 is 9.84 Å². The highest BCUT2D eigenvalue weighted by molar-refractivity contribution is 6.33. The van der Waals surface area contributed by atoms with Crippen molar-refractivity contribution in [3.05, 3.63) is 86.1 Å². The van der Waals surface area contributed by atoms with Crippen LogP contribution >= 0.6 is 23.2 Å². The Morgan fingerprint density at radius 1 is 1.12 bits per heavy atom. The van der Waals surface area contributed by atoms with Gasteiger partial charge in [0.1, 0.15) is 11.5 Å². The molecule has 3 aromatic rings. The summed E-state index contributed by atoms with van der Waals surface area (Å²) in [5.41, 5.74) is 4.20. The average molecular weight is 390 g/mol. The van der Waals surface area contributed by atoms with Gasteiger partial charge >= 0.3 is 0 Å². The smallest absolute Gasteiger partial charge is 0.270 e. The lowest BCUT2D eigenvalue weighted by molar-refractivity contribution is -0.384. The molecule has 26 heavy (non-hydrogen) atoms. The molecule has 3 rings (SSSR count). The maximum Gasteiger partial charge on any atom is 0.270 e. The lowest BCUT2D eigenvalue weighted by Gasteiger charge is -2.02. The maximum absolute atomic E-state index is 10.9. The zero-order valence-electron chi connectivity index (χ0n) is 13.4. The molecule has 0 radical (unpaired) electrons. The molecule has 0 saturated heterocycles. The molecule has 1 aromatic heterocycles. The zero-order valence-corrected chi connectivity index (χ0v) is 14.9. The summed E-state index contributed by atoms with van der Waals surface area (Å²) < 4.78 is 5.64. The van der Waals surface area contributed by atoms with E-state index >= 15 is 0 Å². The van der Waals surface area contributed by atoms with Crippen molar-refractivity contribution >= 4 is 35.1 Å². The van der Waals surface area contributed by atoms with E-state index in [0.717, 1.165) is 5.56 Å². The van der Waals surface area contributed by atoms with Gasteiger partial charge in [-0.2, -0.15) is 5.10 Å². The Kier molecular flexibility index (Phi) is 5.55. The van der Waals surface area contributed by atoms with Crippen molar-refractivity contribution in [1.29, 1.82) is 0 Å². The van der Waals surface area contributed by atoms with E-state index in [9.17, 15) is 10.1 Å². The molecule has 1 heterocycles. The monoisotopic (exact) mass is 389 g/mol. The summed E-state index contributed by atoms with van der Waals surface area (Å²) >= 11 is 12.2. The first kappa shape index (κ1) is 18.0. The molecule has 6 nitrogen and oxygen atoms in total. The van der Waals surface area contributed by atoms with Gasteiger partial charge in [0.25, 0.3) is 5.69 Å².